The molecule has 29 heavy (non-hydrogen) atoms. The van der Waals surface area contributed by atoms with E-state index < -0.39 is 6.10 Å². The van der Waals surface area contributed by atoms with E-state index in [0.29, 0.717) is 18.9 Å². The largest absolute Gasteiger partial charge is 0.388 e. The summed E-state index contributed by atoms with van der Waals surface area (Å²) in [7, 11) is 0. The molecule has 0 spiro atoms. The SMILES string of the molecule is CCNC(=NCC1CCN(c2ccccc2)C1)NCCC(O)c1ccccc1.I. The van der Waals surface area contributed by atoms with E-state index in [4.69, 9.17) is 4.99 Å². The van der Waals surface area contributed by atoms with E-state index in [0.717, 1.165) is 37.7 Å². The second-order valence-corrected chi connectivity index (χ2v) is 7.30. The van der Waals surface area contributed by atoms with Gasteiger partial charge in [0.1, 0.15) is 0 Å². The second kappa shape index (κ2) is 12.7. The molecule has 0 radical (unpaired) electrons. The van der Waals surface area contributed by atoms with E-state index >= 15 is 0 Å². The number of hydrogen-bond donors (Lipinski definition) is 3. The van der Waals surface area contributed by atoms with E-state index in [2.05, 4.69) is 52.8 Å². The van der Waals surface area contributed by atoms with Crippen molar-refractivity contribution in [3.63, 3.8) is 0 Å². The summed E-state index contributed by atoms with van der Waals surface area (Å²) in [6, 6.07) is 20.4. The fourth-order valence-corrected chi connectivity index (χ4v) is 3.59. The molecule has 0 saturated carbocycles. The van der Waals surface area contributed by atoms with Gasteiger partial charge in [0.25, 0.3) is 0 Å². The molecule has 2 unspecified atom stereocenters. The Morgan fingerprint density at radius 3 is 2.48 bits per heavy atom. The maximum Gasteiger partial charge on any atom is 0.191 e. The van der Waals surface area contributed by atoms with Crippen molar-refractivity contribution in [1.82, 2.24) is 10.6 Å². The molecule has 0 aliphatic carbocycles. The topological polar surface area (TPSA) is 59.9 Å². The molecule has 2 aromatic rings. The molecular formula is C23H33IN4O. The highest BCUT2D eigenvalue weighted by atomic mass is 127. The van der Waals surface area contributed by atoms with Crippen molar-refractivity contribution in [2.75, 3.05) is 37.6 Å². The molecule has 1 heterocycles. The van der Waals surface area contributed by atoms with Gasteiger partial charge in [0.2, 0.25) is 0 Å². The number of halogens is 1. The van der Waals surface area contributed by atoms with Gasteiger partial charge >= 0.3 is 0 Å². The quantitative estimate of drug-likeness (QED) is 0.289. The Bertz CT molecular complexity index is 726. The lowest BCUT2D eigenvalue weighted by atomic mass is 10.1. The summed E-state index contributed by atoms with van der Waals surface area (Å²) in [4.78, 5) is 7.22. The van der Waals surface area contributed by atoms with E-state index in [9.17, 15) is 5.11 Å². The minimum absolute atomic E-state index is 0. The van der Waals surface area contributed by atoms with Gasteiger partial charge in [-0.2, -0.15) is 0 Å². The number of rotatable bonds is 8. The lowest BCUT2D eigenvalue weighted by Gasteiger charge is -2.18. The third-order valence-electron chi connectivity index (χ3n) is 5.15. The van der Waals surface area contributed by atoms with Crippen molar-refractivity contribution >= 4 is 35.6 Å². The van der Waals surface area contributed by atoms with E-state index in [1.54, 1.807) is 0 Å². The molecule has 158 valence electrons. The zero-order valence-electron chi connectivity index (χ0n) is 17.1. The van der Waals surface area contributed by atoms with Crippen LogP contribution in [0.3, 0.4) is 0 Å². The van der Waals surface area contributed by atoms with Crippen molar-refractivity contribution in [3.8, 4) is 0 Å². The predicted molar refractivity (Wildman–Crippen MR) is 132 cm³/mol. The van der Waals surface area contributed by atoms with Gasteiger partial charge < -0.3 is 20.6 Å². The van der Waals surface area contributed by atoms with E-state index in [1.807, 2.05) is 30.3 Å². The molecule has 6 heteroatoms. The van der Waals surface area contributed by atoms with Crippen LogP contribution in [0.2, 0.25) is 0 Å². The Labute approximate surface area is 191 Å². The summed E-state index contributed by atoms with van der Waals surface area (Å²) in [5.41, 5.74) is 2.26. The summed E-state index contributed by atoms with van der Waals surface area (Å²) in [5.74, 6) is 1.41. The Morgan fingerprint density at radius 1 is 1.10 bits per heavy atom. The molecule has 1 aliphatic heterocycles. The van der Waals surface area contributed by atoms with Crippen LogP contribution in [0.5, 0.6) is 0 Å². The fourth-order valence-electron chi connectivity index (χ4n) is 3.59. The predicted octanol–water partition coefficient (Wildman–Crippen LogP) is 3.81. The highest BCUT2D eigenvalue weighted by Crippen LogP contribution is 2.23. The zero-order valence-corrected chi connectivity index (χ0v) is 19.5. The number of aliphatic imine (C=N–C) groups is 1. The van der Waals surface area contributed by atoms with Crippen LogP contribution in [0.4, 0.5) is 5.69 Å². The van der Waals surface area contributed by atoms with Crippen molar-refractivity contribution in [1.29, 1.82) is 0 Å². The van der Waals surface area contributed by atoms with Crippen LogP contribution in [0.1, 0.15) is 31.4 Å². The monoisotopic (exact) mass is 508 g/mol. The van der Waals surface area contributed by atoms with Crippen molar-refractivity contribution in [2.45, 2.75) is 25.9 Å². The Kier molecular flexibility index (Phi) is 10.3. The molecule has 0 amide bonds. The highest BCUT2D eigenvalue weighted by Gasteiger charge is 2.22. The summed E-state index contributed by atoms with van der Waals surface area (Å²) in [6.45, 7) is 6.55. The van der Waals surface area contributed by atoms with E-state index in [-0.39, 0.29) is 24.0 Å². The van der Waals surface area contributed by atoms with Gasteiger partial charge in [-0.25, -0.2) is 0 Å². The molecule has 3 rings (SSSR count). The number of benzene rings is 2. The molecular weight excluding hydrogens is 475 g/mol. The number of hydrogen-bond acceptors (Lipinski definition) is 3. The number of aliphatic hydroxyl groups is 1. The third-order valence-corrected chi connectivity index (χ3v) is 5.15. The van der Waals surface area contributed by atoms with Gasteiger partial charge in [-0.1, -0.05) is 48.5 Å². The first-order chi connectivity index (χ1) is 13.8. The average Bonchev–Trinajstić information content (AvgIpc) is 3.22. The lowest BCUT2D eigenvalue weighted by molar-refractivity contribution is 0.168. The summed E-state index contributed by atoms with van der Waals surface area (Å²) in [6.07, 6.45) is 1.37. The second-order valence-electron chi connectivity index (χ2n) is 7.30. The highest BCUT2D eigenvalue weighted by molar-refractivity contribution is 14.0. The van der Waals surface area contributed by atoms with Gasteiger partial charge in [0, 0.05) is 38.4 Å². The van der Waals surface area contributed by atoms with Crippen LogP contribution < -0.4 is 15.5 Å². The average molecular weight is 508 g/mol. The van der Waals surface area contributed by atoms with Gasteiger partial charge in [-0.3, -0.25) is 4.99 Å². The Morgan fingerprint density at radius 2 is 1.79 bits per heavy atom. The van der Waals surface area contributed by atoms with Crippen LogP contribution in [-0.4, -0.2) is 43.8 Å². The first-order valence-electron chi connectivity index (χ1n) is 10.3. The summed E-state index contributed by atoms with van der Waals surface area (Å²) >= 11 is 0. The number of nitrogens with one attached hydrogen (secondary N) is 2. The van der Waals surface area contributed by atoms with Crippen LogP contribution in [0.15, 0.2) is 65.7 Å². The number of aliphatic hydroxyl groups excluding tert-OH is 1. The number of anilines is 1. The molecule has 0 aromatic heterocycles. The van der Waals surface area contributed by atoms with E-state index in [1.165, 1.54) is 12.1 Å². The van der Waals surface area contributed by atoms with Gasteiger partial charge in [0.05, 0.1) is 6.10 Å². The molecule has 2 atom stereocenters. The molecule has 0 bridgehead atoms. The minimum atomic E-state index is -0.453. The molecule has 1 aliphatic rings. The maximum atomic E-state index is 10.3. The Balaban J connectivity index is 0.00000300. The first kappa shape index (κ1) is 23.5. The normalized spacial score (nSPS) is 17.5. The van der Waals surface area contributed by atoms with Crippen molar-refractivity contribution < 1.29 is 5.11 Å². The smallest absolute Gasteiger partial charge is 0.191 e. The number of para-hydroxylation sites is 1. The number of guanidine groups is 1. The van der Waals surface area contributed by atoms with Gasteiger partial charge in [0.15, 0.2) is 5.96 Å². The van der Waals surface area contributed by atoms with Gasteiger partial charge in [-0.05, 0) is 43.4 Å². The summed E-state index contributed by atoms with van der Waals surface area (Å²) < 4.78 is 0. The van der Waals surface area contributed by atoms with Crippen LogP contribution in [-0.2, 0) is 0 Å². The molecule has 1 fully saturated rings. The molecule has 3 N–H and O–H groups in total. The van der Waals surface area contributed by atoms with Crippen LogP contribution in [0.25, 0.3) is 0 Å². The van der Waals surface area contributed by atoms with Crippen molar-refractivity contribution in [3.05, 3.63) is 66.2 Å². The number of nitrogens with zero attached hydrogens (tertiary/aromatic N) is 2. The standard InChI is InChI=1S/C23H32N4O.HI/c1-2-24-23(25-15-13-22(28)20-9-5-3-6-10-20)26-17-19-14-16-27(18-19)21-11-7-4-8-12-21;/h3-12,19,22,28H,2,13-18H2,1H3,(H2,24,25,26);1H. The third kappa shape index (κ3) is 7.51. The maximum absolute atomic E-state index is 10.3. The fraction of sp³-hybridized carbons (Fsp3) is 0.435. The minimum Gasteiger partial charge on any atom is -0.388 e. The first-order valence-corrected chi connectivity index (χ1v) is 10.3. The molecule has 2 aromatic carbocycles. The zero-order chi connectivity index (χ0) is 19.6. The lowest BCUT2D eigenvalue weighted by Crippen LogP contribution is -2.38. The Hall–Kier alpha value is -1.80. The molecule has 5 nitrogen and oxygen atoms in total. The van der Waals surface area contributed by atoms with Crippen molar-refractivity contribution in [2.24, 2.45) is 10.9 Å². The van der Waals surface area contributed by atoms with Crippen LogP contribution >= 0.6 is 24.0 Å². The molecule has 1 saturated heterocycles. The van der Waals surface area contributed by atoms with Crippen LogP contribution in [0, 0.1) is 5.92 Å². The van der Waals surface area contributed by atoms with Gasteiger partial charge in [-0.15, -0.1) is 24.0 Å². The summed E-state index contributed by atoms with van der Waals surface area (Å²) in [5, 5.41) is 17.0.